The zero-order valence-corrected chi connectivity index (χ0v) is 16.7. The van der Waals surface area contributed by atoms with Crippen molar-refractivity contribution in [2.45, 2.75) is 19.8 Å². The average Bonchev–Trinajstić information content (AvgIpc) is 3.16. The number of aromatic nitrogens is 1. The Hall–Kier alpha value is -2.38. The molecule has 1 fully saturated rings. The minimum Gasteiger partial charge on any atom is -0.441 e. The molecule has 2 amide bonds. The molecular formula is C20H25ClN4O3. The summed E-state index contributed by atoms with van der Waals surface area (Å²) in [5, 5.41) is 3.40. The highest BCUT2D eigenvalue weighted by atomic mass is 35.5. The van der Waals surface area contributed by atoms with Crippen LogP contribution in [0.3, 0.4) is 0 Å². The van der Waals surface area contributed by atoms with E-state index in [1.54, 1.807) is 12.3 Å². The number of rotatable bonds is 7. The third-order valence-corrected chi connectivity index (χ3v) is 5.04. The number of oxazole rings is 1. The highest BCUT2D eigenvalue weighted by molar-refractivity contribution is 6.33. The Balaban J connectivity index is 1.45. The first-order valence-electron chi connectivity index (χ1n) is 9.53. The first kappa shape index (κ1) is 20.4. The van der Waals surface area contributed by atoms with Gasteiger partial charge in [0.25, 0.3) is 0 Å². The number of carbonyl (C=O) groups excluding carboxylic acids is 2. The van der Waals surface area contributed by atoms with Gasteiger partial charge in [-0.3, -0.25) is 14.5 Å². The lowest BCUT2D eigenvalue weighted by Gasteiger charge is -2.34. The van der Waals surface area contributed by atoms with Gasteiger partial charge in [0.1, 0.15) is 0 Å². The minimum atomic E-state index is 0.0282. The number of halogens is 1. The summed E-state index contributed by atoms with van der Waals surface area (Å²) >= 11 is 6.18. The number of nitrogens with one attached hydrogen (secondary N) is 1. The van der Waals surface area contributed by atoms with Crippen LogP contribution >= 0.6 is 11.6 Å². The molecule has 0 aliphatic carbocycles. The van der Waals surface area contributed by atoms with E-state index >= 15 is 0 Å². The van der Waals surface area contributed by atoms with Crippen LogP contribution in [0, 0.1) is 0 Å². The quantitative estimate of drug-likeness (QED) is 0.765. The summed E-state index contributed by atoms with van der Waals surface area (Å²) in [4.78, 5) is 32.3. The van der Waals surface area contributed by atoms with Gasteiger partial charge in [-0.2, -0.15) is 0 Å². The van der Waals surface area contributed by atoms with Crippen molar-refractivity contribution < 1.29 is 14.0 Å². The van der Waals surface area contributed by atoms with E-state index in [0.717, 1.165) is 5.56 Å². The summed E-state index contributed by atoms with van der Waals surface area (Å²) in [6.45, 7) is 5.60. The molecule has 0 spiro atoms. The Kier molecular flexibility index (Phi) is 7.06. The second kappa shape index (κ2) is 9.71. The van der Waals surface area contributed by atoms with Gasteiger partial charge in [0, 0.05) is 51.1 Å². The molecule has 2 heterocycles. The third kappa shape index (κ3) is 5.33. The highest BCUT2D eigenvalue weighted by Crippen LogP contribution is 2.28. The third-order valence-electron chi connectivity index (χ3n) is 4.71. The molecule has 1 aromatic carbocycles. The lowest BCUT2D eigenvalue weighted by molar-refractivity contribution is -0.133. The summed E-state index contributed by atoms with van der Waals surface area (Å²) in [5.74, 6) is 1.24. The summed E-state index contributed by atoms with van der Waals surface area (Å²) in [7, 11) is 0. The minimum absolute atomic E-state index is 0.0282. The van der Waals surface area contributed by atoms with Crippen molar-refractivity contribution in [1.29, 1.82) is 0 Å². The van der Waals surface area contributed by atoms with Gasteiger partial charge >= 0.3 is 0 Å². The van der Waals surface area contributed by atoms with Gasteiger partial charge in [-0.05, 0) is 19.1 Å². The number of amides is 2. The number of aryl methyl sites for hydroxylation is 1. The van der Waals surface area contributed by atoms with Crippen LogP contribution in [0.2, 0.25) is 5.02 Å². The van der Waals surface area contributed by atoms with Gasteiger partial charge in [-0.25, -0.2) is 4.98 Å². The van der Waals surface area contributed by atoms with Crippen LogP contribution in [0.25, 0.3) is 11.3 Å². The van der Waals surface area contributed by atoms with E-state index in [1.807, 2.05) is 30.0 Å². The molecule has 1 N–H and O–H groups in total. The molecule has 8 heteroatoms. The first-order valence-corrected chi connectivity index (χ1v) is 9.91. The van der Waals surface area contributed by atoms with E-state index in [1.165, 1.54) is 0 Å². The molecule has 28 heavy (non-hydrogen) atoms. The molecule has 150 valence electrons. The van der Waals surface area contributed by atoms with Crippen LogP contribution in [0.5, 0.6) is 0 Å². The second-order valence-corrected chi connectivity index (χ2v) is 7.12. The standard InChI is InChI=1S/C20H25ClN4O3/c1-2-22-18(26)14-24-9-11-25(12-10-24)20(27)8-7-19-23-13-17(28-19)15-5-3-4-6-16(15)21/h3-6,13H,2,7-12,14H2,1H3,(H,22,26). The topological polar surface area (TPSA) is 78.7 Å². The number of piperazine rings is 1. The predicted molar refractivity (Wildman–Crippen MR) is 107 cm³/mol. The van der Waals surface area contributed by atoms with E-state index in [-0.39, 0.29) is 11.8 Å². The van der Waals surface area contributed by atoms with Crippen LogP contribution in [-0.4, -0.2) is 65.9 Å². The Labute approximate surface area is 169 Å². The normalized spacial score (nSPS) is 14.9. The van der Waals surface area contributed by atoms with Crippen molar-refractivity contribution in [1.82, 2.24) is 20.1 Å². The molecule has 2 aromatic rings. The molecule has 0 bridgehead atoms. The zero-order valence-electron chi connectivity index (χ0n) is 16.0. The Morgan fingerprint density at radius 2 is 1.96 bits per heavy atom. The molecule has 0 atom stereocenters. The lowest BCUT2D eigenvalue weighted by atomic mass is 10.2. The van der Waals surface area contributed by atoms with E-state index in [9.17, 15) is 9.59 Å². The molecular weight excluding hydrogens is 380 g/mol. The maximum atomic E-state index is 12.5. The highest BCUT2D eigenvalue weighted by Gasteiger charge is 2.22. The van der Waals surface area contributed by atoms with E-state index in [0.29, 0.717) is 68.8 Å². The Bertz CT molecular complexity index is 815. The van der Waals surface area contributed by atoms with Crippen molar-refractivity contribution in [2.24, 2.45) is 0 Å². The molecule has 0 unspecified atom stereocenters. The van der Waals surface area contributed by atoms with E-state index < -0.39 is 0 Å². The second-order valence-electron chi connectivity index (χ2n) is 6.71. The molecule has 3 rings (SSSR count). The SMILES string of the molecule is CCNC(=O)CN1CCN(C(=O)CCc2ncc(-c3ccccc3Cl)o2)CC1. The molecule has 1 aliphatic heterocycles. The van der Waals surface area contributed by atoms with Crippen LogP contribution in [0.1, 0.15) is 19.2 Å². The number of nitrogens with zero attached hydrogens (tertiary/aromatic N) is 3. The van der Waals surface area contributed by atoms with Crippen molar-refractivity contribution in [3.8, 4) is 11.3 Å². The molecule has 1 saturated heterocycles. The van der Waals surface area contributed by atoms with Crippen LogP contribution in [0.15, 0.2) is 34.9 Å². The molecule has 7 nitrogen and oxygen atoms in total. The van der Waals surface area contributed by atoms with Crippen LogP contribution < -0.4 is 5.32 Å². The zero-order chi connectivity index (χ0) is 19.9. The van der Waals surface area contributed by atoms with Crippen LogP contribution in [0.4, 0.5) is 0 Å². The predicted octanol–water partition coefficient (Wildman–Crippen LogP) is 2.21. The summed E-state index contributed by atoms with van der Waals surface area (Å²) in [6, 6.07) is 7.42. The lowest BCUT2D eigenvalue weighted by Crippen LogP contribution is -2.51. The first-order chi connectivity index (χ1) is 13.6. The fourth-order valence-electron chi connectivity index (χ4n) is 3.19. The van der Waals surface area contributed by atoms with Crippen molar-refractivity contribution >= 4 is 23.4 Å². The molecule has 0 saturated carbocycles. The number of likely N-dealkylation sites (N-methyl/N-ethyl adjacent to an activating group) is 1. The molecule has 0 radical (unpaired) electrons. The fraction of sp³-hybridized carbons (Fsp3) is 0.450. The van der Waals surface area contributed by atoms with Crippen molar-refractivity contribution in [3.63, 3.8) is 0 Å². The van der Waals surface area contributed by atoms with Gasteiger partial charge in [0.05, 0.1) is 17.8 Å². The smallest absolute Gasteiger partial charge is 0.234 e. The molecule has 1 aromatic heterocycles. The maximum absolute atomic E-state index is 12.5. The van der Waals surface area contributed by atoms with Crippen LogP contribution in [-0.2, 0) is 16.0 Å². The van der Waals surface area contributed by atoms with Crippen molar-refractivity contribution in [3.05, 3.63) is 41.4 Å². The van der Waals surface area contributed by atoms with Gasteiger partial charge in [-0.1, -0.05) is 23.7 Å². The van der Waals surface area contributed by atoms with Gasteiger partial charge in [-0.15, -0.1) is 0 Å². The average molecular weight is 405 g/mol. The Morgan fingerprint density at radius 3 is 2.68 bits per heavy atom. The van der Waals surface area contributed by atoms with Gasteiger partial charge in [0.2, 0.25) is 11.8 Å². The summed E-state index contributed by atoms with van der Waals surface area (Å²) in [6.07, 6.45) is 2.43. The number of carbonyl (C=O) groups is 2. The fourth-order valence-corrected chi connectivity index (χ4v) is 3.42. The van der Waals surface area contributed by atoms with E-state index in [4.69, 9.17) is 16.0 Å². The maximum Gasteiger partial charge on any atom is 0.234 e. The largest absolute Gasteiger partial charge is 0.441 e. The molecule has 1 aliphatic rings. The summed E-state index contributed by atoms with van der Waals surface area (Å²) in [5.41, 5.74) is 0.789. The summed E-state index contributed by atoms with van der Waals surface area (Å²) < 4.78 is 5.75. The number of hydrogen-bond donors (Lipinski definition) is 1. The van der Waals surface area contributed by atoms with E-state index in [2.05, 4.69) is 15.2 Å². The van der Waals surface area contributed by atoms with Crippen molar-refractivity contribution in [2.75, 3.05) is 39.3 Å². The van der Waals surface area contributed by atoms with Gasteiger partial charge < -0.3 is 14.6 Å². The Morgan fingerprint density at radius 1 is 1.21 bits per heavy atom. The number of benzene rings is 1. The monoisotopic (exact) mass is 404 g/mol. The number of hydrogen-bond acceptors (Lipinski definition) is 5. The van der Waals surface area contributed by atoms with Gasteiger partial charge in [0.15, 0.2) is 11.7 Å².